The zero-order valence-electron chi connectivity index (χ0n) is 16.2. The van der Waals surface area contributed by atoms with Gasteiger partial charge in [0.25, 0.3) is 5.69 Å². The van der Waals surface area contributed by atoms with Crippen LogP contribution in [0.3, 0.4) is 0 Å². The van der Waals surface area contributed by atoms with E-state index in [9.17, 15) is 15.2 Å². The summed E-state index contributed by atoms with van der Waals surface area (Å²) in [4.78, 5) is 10.3. The highest BCUT2D eigenvalue weighted by molar-refractivity contribution is 5.58. The number of phenols is 1. The highest BCUT2D eigenvalue weighted by atomic mass is 16.6. The highest BCUT2D eigenvalue weighted by Gasteiger charge is 2.38. The van der Waals surface area contributed by atoms with Gasteiger partial charge in [-0.15, -0.1) is 0 Å². The summed E-state index contributed by atoms with van der Waals surface area (Å²) >= 11 is 0. The monoisotopic (exact) mass is 371 g/mol. The van der Waals surface area contributed by atoms with E-state index in [1.807, 2.05) is 20.8 Å². The molecule has 1 atom stereocenters. The van der Waals surface area contributed by atoms with E-state index in [1.54, 1.807) is 12.1 Å². The summed E-state index contributed by atoms with van der Waals surface area (Å²) in [7, 11) is 0. The molecule has 0 spiro atoms. The normalized spacial score (nSPS) is 18.5. The molecular weight excluding hydrogens is 346 g/mol. The molecule has 3 rings (SSSR count). The largest absolute Gasteiger partial charge is 0.507 e. The Kier molecular flexibility index (Phi) is 5.00. The maximum absolute atomic E-state index is 10.8. The van der Waals surface area contributed by atoms with Crippen molar-refractivity contribution in [2.24, 2.45) is 0 Å². The summed E-state index contributed by atoms with van der Waals surface area (Å²) in [6.07, 6.45) is 2.37. The van der Waals surface area contributed by atoms with Crippen LogP contribution in [0.15, 0.2) is 24.3 Å². The van der Waals surface area contributed by atoms with Gasteiger partial charge in [0, 0.05) is 17.7 Å². The molecule has 1 heterocycles. The van der Waals surface area contributed by atoms with E-state index in [4.69, 9.17) is 9.47 Å². The van der Waals surface area contributed by atoms with Crippen molar-refractivity contribution in [1.82, 2.24) is 0 Å². The van der Waals surface area contributed by atoms with Gasteiger partial charge in [-0.3, -0.25) is 10.1 Å². The molecule has 0 aliphatic carbocycles. The van der Waals surface area contributed by atoms with Crippen molar-refractivity contribution in [2.75, 3.05) is 6.61 Å². The Balaban J connectivity index is 1.82. The van der Waals surface area contributed by atoms with Crippen LogP contribution in [0, 0.1) is 30.9 Å². The summed E-state index contributed by atoms with van der Waals surface area (Å²) in [6, 6.07) is 6.08. The second-order valence-corrected chi connectivity index (χ2v) is 7.21. The predicted octanol–water partition coefficient (Wildman–Crippen LogP) is 4.78. The van der Waals surface area contributed by atoms with E-state index < -0.39 is 10.5 Å². The number of nitrogens with zero attached hydrogens (tertiary/aromatic N) is 1. The first-order valence-electron chi connectivity index (χ1n) is 9.16. The van der Waals surface area contributed by atoms with Gasteiger partial charge in [-0.25, -0.2) is 0 Å². The minimum atomic E-state index is -0.463. The number of nitro benzene ring substituents is 1. The molecule has 2 aromatic carbocycles. The SMILES string of the molecule is CCC1(COc2ccc([N+](=O)[O-])cc2)CCc2c(C)c(O)c(C)c(C)c2O1. The van der Waals surface area contributed by atoms with Crippen LogP contribution in [0.1, 0.15) is 42.0 Å². The summed E-state index contributed by atoms with van der Waals surface area (Å²) in [5, 5.41) is 21.1. The standard InChI is InChI=1S/C21H25NO5/c1-5-21(12-26-17-8-6-16(7-9-17)22(24)25)11-10-18-15(4)19(23)13(2)14(3)20(18)27-21/h6-9,23H,5,10-12H2,1-4H3. The third-order valence-corrected chi connectivity index (χ3v) is 5.68. The van der Waals surface area contributed by atoms with Gasteiger partial charge in [0.15, 0.2) is 0 Å². The average molecular weight is 371 g/mol. The number of ether oxygens (including phenoxy) is 2. The zero-order chi connectivity index (χ0) is 19.8. The number of non-ortho nitro benzene ring substituents is 1. The van der Waals surface area contributed by atoms with Gasteiger partial charge >= 0.3 is 0 Å². The Morgan fingerprint density at radius 3 is 2.44 bits per heavy atom. The van der Waals surface area contributed by atoms with Gasteiger partial charge < -0.3 is 14.6 Å². The maximum Gasteiger partial charge on any atom is 0.269 e. The van der Waals surface area contributed by atoms with Crippen LogP contribution in [-0.2, 0) is 6.42 Å². The van der Waals surface area contributed by atoms with Crippen molar-refractivity contribution in [1.29, 1.82) is 0 Å². The Morgan fingerprint density at radius 2 is 1.85 bits per heavy atom. The molecule has 0 amide bonds. The number of aromatic hydroxyl groups is 1. The second-order valence-electron chi connectivity index (χ2n) is 7.21. The molecule has 1 aliphatic rings. The van der Waals surface area contributed by atoms with Crippen LogP contribution < -0.4 is 9.47 Å². The molecule has 0 fully saturated rings. The van der Waals surface area contributed by atoms with Crippen LogP contribution >= 0.6 is 0 Å². The first-order chi connectivity index (χ1) is 12.8. The van der Waals surface area contributed by atoms with Crippen LogP contribution in [-0.4, -0.2) is 22.2 Å². The first kappa shape index (κ1) is 19.0. The van der Waals surface area contributed by atoms with Gasteiger partial charge in [-0.2, -0.15) is 0 Å². The van der Waals surface area contributed by atoms with Crippen LogP contribution in [0.2, 0.25) is 0 Å². The van der Waals surface area contributed by atoms with Crippen LogP contribution in [0.25, 0.3) is 0 Å². The number of hydrogen-bond acceptors (Lipinski definition) is 5. The lowest BCUT2D eigenvalue weighted by molar-refractivity contribution is -0.384. The van der Waals surface area contributed by atoms with E-state index in [0.29, 0.717) is 18.1 Å². The molecule has 6 nitrogen and oxygen atoms in total. The number of hydrogen-bond donors (Lipinski definition) is 1. The van der Waals surface area contributed by atoms with Gasteiger partial charge in [-0.05, 0) is 68.9 Å². The molecule has 2 aromatic rings. The van der Waals surface area contributed by atoms with Gasteiger partial charge in [0.2, 0.25) is 0 Å². The van der Waals surface area contributed by atoms with Crippen molar-refractivity contribution in [3.05, 3.63) is 56.6 Å². The fourth-order valence-electron chi connectivity index (χ4n) is 3.56. The van der Waals surface area contributed by atoms with Crippen molar-refractivity contribution in [3.63, 3.8) is 0 Å². The topological polar surface area (TPSA) is 81.8 Å². The number of fused-ring (bicyclic) bond motifs is 1. The number of nitro groups is 1. The average Bonchev–Trinajstić information content (AvgIpc) is 2.69. The fourth-order valence-corrected chi connectivity index (χ4v) is 3.56. The van der Waals surface area contributed by atoms with Crippen molar-refractivity contribution in [3.8, 4) is 17.2 Å². The molecular formula is C21H25NO5. The lowest BCUT2D eigenvalue weighted by Crippen LogP contribution is -2.45. The van der Waals surface area contributed by atoms with E-state index in [0.717, 1.165) is 47.3 Å². The van der Waals surface area contributed by atoms with Gasteiger partial charge in [0.05, 0.1) is 4.92 Å². The van der Waals surface area contributed by atoms with Crippen LogP contribution in [0.5, 0.6) is 17.2 Å². The van der Waals surface area contributed by atoms with E-state index >= 15 is 0 Å². The molecule has 144 valence electrons. The summed E-state index contributed by atoms with van der Waals surface area (Å²) in [5.41, 5.74) is 3.33. The van der Waals surface area contributed by atoms with E-state index in [-0.39, 0.29) is 5.69 Å². The Morgan fingerprint density at radius 1 is 1.19 bits per heavy atom. The predicted molar refractivity (Wildman–Crippen MR) is 103 cm³/mol. The molecule has 27 heavy (non-hydrogen) atoms. The molecule has 0 radical (unpaired) electrons. The fraction of sp³-hybridized carbons (Fsp3) is 0.429. The molecule has 0 saturated carbocycles. The van der Waals surface area contributed by atoms with Crippen LogP contribution in [0.4, 0.5) is 5.69 Å². The van der Waals surface area contributed by atoms with Gasteiger partial charge in [0.1, 0.15) is 29.5 Å². The van der Waals surface area contributed by atoms with Crippen molar-refractivity contribution in [2.45, 2.75) is 52.6 Å². The zero-order valence-corrected chi connectivity index (χ0v) is 16.2. The summed E-state index contributed by atoms with van der Waals surface area (Å²) < 4.78 is 12.4. The first-order valence-corrected chi connectivity index (χ1v) is 9.16. The molecule has 0 aromatic heterocycles. The molecule has 0 saturated heterocycles. The Labute approximate surface area is 158 Å². The molecule has 6 heteroatoms. The third-order valence-electron chi connectivity index (χ3n) is 5.68. The minimum absolute atomic E-state index is 0.0387. The molecule has 1 unspecified atom stereocenters. The smallest absolute Gasteiger partial charge is 0.269 e. The van der Waals surface area contributed by atoms with E-state index in [1.165, 1.54) is 12.1 Å². The quantitative estimate of drug-likeness (QED) is 0.604. The molecule has 0 bridgehead atoms. The Hall–Kier alpha value is -2.76. The van der Waals surface area contributed by atoms with Crippen molar-refractivity contribution < 1.29 is 19.5 Å². The molecule has 1 aliphatic heterocycles. The second kappa shape index (κ2) is 7.10. The lowest BCUT2D eigenvalue weighted by atomic mass is 9.85. The Bertz CT molecular complexity index is 875. The lowest BCUT2D eigenvalue weighted by Gasteiger charge is -2.39. The number of benzene rings is 2. The van der Waals surface area contributed by atoms with E-state index in [2.05, 4.69) is 6.92 Å². The number of rotatable bonds is 5. The third kappa shape index (κ3) is 3.44. The maximum atomic E-state index is 10.8. The van der Waals surface area contributed by atoms with Crippen molar-refractivity contribution >= 4 is 5.69 Å². The highest BCUT2D eigenvalue weighted by Crippen LogP contribution is 2.44. The minimum Gasteiger partial charge on any atom is -0.507 e. The van der Waals surface area contributed by atoms with Gasteiger partial charge in [-0.1, -0.05) is 6.92 Å². The molecule has 1 N–H and O–H groups in total. The summed E-state index contributed by atoms with van der Waals surface area (Å²) in [6.45, 7) is 8.22. The summed E-state index contributed by atoms with van der Waals surface area (Å²) in [5.74, 6) is 1.78. The number of phenolic OH excluding ortho intramolecular Hbond substituents is 1.